The molecule has 2 nitrogen and oxygen atoms in total. The molecule has 1 aliphatic carbocycles. The molecule has 0 aromatic heterocycles. The van der Waals surface area contributed by atoms with Crippen LogP contribution in [-0.4, -0.2) is 19.4 Å². The maximum atomic E-state index is 14.5. The molecule has 0 amide bonds. The number of ketones is 2. The highest BCUT2D eigenvalue weighted by atomic mass is 19.1. The molecule has 0 aliphatic heterocycles. The van der Waals surface area contributed by atoms with Crippen molar-refractivity contribution in [2.24, 2.45) is 11.8 Å². The van der Waals surface area contributed by atoms with Crippen LogP contribution >= 0.6 is 0 Å². The van der Waals surface area contributed by atoms with E-state index in [1.165, 1.54) is 6.07 Å². The molecule has 0 saturated heterocycles. The van der Waals surface area contributed by atoms with Gasteiger partial charge in [-0.1, -0.05) is 45.6 Å². The summed E-state index contributed by atoms with van der Waals surface area (Å²) in [5.74, 6) is -0.690. The Hall–Kier alpha value is -1.45. The minimum atomic E-state index is -0.491. The molecule has 1 aliphatic rings. The first kappa shape index (κ1) is 19.6. The lowest BCUT2D eigenvalue weighted by Crippen LogP contribution is -2.31. The summed E-state index contributed by atoms with van der Waals surface area (Å²) in [6.45, 7) is 7.79. The Bertz CT molecular complexity index is 569. The van der Waals surface area contributed by atoms with Crippen LogP contribution in [0.3, 0.4) is 0 Å². The van der Waals surface area contributed by atoms with Gasteiger partial charge in [0, 0.05) is 18.8 Å². The second-order valence-corrected chi connectivity index (χ2v) is 5.77. The molecule has 0 N–H and O–H groups in total. The third-order valence-corrected chi connectivity index (χ3v) is 4.55. The fourth-order valence-corrected chi connectivity index (χ4v) is 3.25. The molecular weight excluding hydrogens is 290 g/mol. The van der Waals surface area contributed by atoms with Gasteiger partial charge in [-0.25, -0.2) is 4.39 Å². The van der Waals surface area contributed by atoms with Crippen molar-refractivity contribution >= 4 is 24.9 Å². The van der Waals surface area contributed by atoms with Gasteiger partial charge in [0.2, 0.25) is 0 Å². The van der Waals surface area contributed by atoms with E-state index in [1.54, 1.807) is 6.07 Å². The number of Topliss-reactive ketones (excluding diaryl/α,β-unsaturated/α-hetero) is 2. The molecule has 0 spiro atoms. The van der Waals surface area contributed by atoms with Crippen molar-refractivity contribution in [1.29, 1.82) is 0 Å². The number of rotatable bonds is 4. The third kappa shape index (κ3) is 4.30. The van der Waals surface area contributed by atoms with Crippen LogP contribution in [-0.2, 0) is 11.2 Å². The Labute approximate surface area is 140 Å². The molecular formula is C19H26BFO2. The Morgan fingerprint density at radius 3 is 2.52 bits per heavy atom. The highest BCUT2D eigenvalue weighted by Crippen LogP contribution is 2.33. The van der Waals surface area contributed by atoms with E-state index in [2.05, 4.69) is 0 Å². The van der Waals surface area contributed by atoms with Crippen molar-refractivity contribution in [2.45, 2.75) is 59.8 Å². The molecule has 4 heteroatoms. The molecule has 2 radical (unpaired) electrons. The summed E-state index contributed by atoms with van der Waals surface area (Å²) in [6, 6.07) is 3.08. The Morgan fingerprint density at radius 1 is 1.30 bits per heavy atom. The van der Waals surface area contributed by atoms with E-state index in [4.69, 9.17) is 7.85 Å². The van der Waals surface area contributed by atoms with E-state index in [-0.39, 0.29) is 29.0 Å². The quantitative estimate of drug-likeness (QED) is 0.626. The lowest BCUT2D eigenvalue weighted by Gasteiger charge is -2.29. The summed E-state index contributed by atoms with van der Waals surface area (Å²) in [6.07, 6.45) is 2.61. The first-order valence-electron chi connectivity index (χ1n) is 8.62. The van der Waals surface area contributed by atoms with E-state index in [0.29, 0.717) is 36.7 Å². The predicted octanol–water partition coefficient (Wildman–Crippen LogP) is 3.79. The molecule has 1 fully saturated rings. The van der Waals surface area contributed by atoms with E-state index in [9.17, 15) is 14.0 Å². The van der Waals surface area contributed by atoms with Gasteiger partial charge in [0.15, 0.2) is 5.78 Å². The lowest BCUT2D eigenvalue weighted by molar-refractivity contribution is -0.122. The van der Waals surface area contributed by atoms with Crippen LogP contribution in [0.2, 0.25) is 0 Å². The summed E-state index contributed by atoms with van der Waals surface area (Å²) in [5.41, 5.74) is 0.914. The Kier molecular flexibility index (Phi) is 7.67. The summed E-state index contributed by atoms with van der Waals surface area (Å²) in [5, 5.41) is 0. The van der Waals surface area contributed by atoms with Crippen LogP contribution in [0.15, 0.2) is 12.1 Å². The predicted molar refractivity (Wildman–Crippen MR) is 93.0 cm³/mol. The fraction of sp³-hybridized carbons (Fsp3) is 0.579. The smallest absolute Gasteiger partial charge is 0.169 e. The molecule has 1 saturated carbocycles. The van der Waals surface area contributed by atoms with Gasteiger partial charge in [0.05, 0.1) is 5.56 Å². The van der Waals surface area contributed by atoms with Crippen molar-refractivity contribution < 1.29 is 14.0 Å². The molecule has 0 bridgehead atoms. The molecule has 1 aromatic rings. The second-order valence-electron chi connectivity index (χ2n) is 5.77. The molecule has 2 atom stereocenters. The number of hydrogen-bond acceptors (Lipinski definition) is 2. The fourth-order valence-electron chi connectivity index (χ4n) is 3.25. The molecule has 2 rings (SSSR count). The lowest BCUT2D eigenvalue weighted by atomic mass is 9.73. The van der Waals surface area contributed by atoms with Crippen LogP contribution in [0.1, 0.15) is 69.3 Å². The minimum Gasteiger partial charge on any atom is -0.300 e. The summed E-state index contributed by atoms with van der Waals surface area (Å²) in [7, 11) is 5.76. The van der Waals surface area contributed by atoms with Crippen molar-refractivity contribution in [3.8, 4) is 0 Å². The van der Waals surface area contributed by atoms with Crippen molar-refractivity contribution in [2.75, 3.05) is 0 Å². The standard InChI is InChI=1S/C17H20BFO2.C2H6/c1-3-10-9-11(20)5-6-13(10)17(21)14-7-8-15(18)12(4-2)16(14)19;1-2/h7-8,10,13H,3-6,9H2,1-2H3;1-2H3. The number of hydrogen-bond donors (Lipinski definition) is 0. The third-order valence-electron chi connectivity index (χ3n) is 4.55. The van der Waals surface area contributed by atoms with Crippen molar-refractivity contribution in [1.82, 2.24) is 0 Å². The number of benzene rings is 1. The SMILES string of the molecule is CC.[B]c1ccc(C(=O)C2CCC(=O)CC2CC)c(F)c1CC. The minimum absolute atomic E-state index is 0.0285. The molecule has 2 unspecified atom stereocenters. The van der Waals surface area contributed by atoms with Gasteiger partial charge in [-0.3, -0.25) is 9.59 Å². The molecule has 124 valence electrons. The van der Waals surface area contributed by atoms with E-state index in [0.717, 1.165) is 6.42 Å². The summed E-state index contributed by atoms with van der Waals surface area (Å²) < 4.78 is 14.5. The van der Waals surface area contributed by atoms with Gasteiger partial charge in [0.25, 0.3) is 0 Å². The first-order valence-corrected chi connectivity index (χ1v) is 8.62. The maximum absolute atomic E-state index is 14.5. The topological polar surface area (TPSA) is 34.1 Å². The number of carbonyl (C=O) groups is 2. The van der Waals surface area contributed by atoms with Gasteiger partial charge in [-0.05, 0) is 30.4 Å². The van der Waals surface area contributed by atoms with Gasteiger partial charge in [-0.15, -0.1) is 0 Å². The van der Waals surface area contributed by atoms with Gasteiger partial charge < -0.3 is 0 Å². The highest BCUT2D eigenvalue weighted by Gasteiger charge is 2.34. The number of halogens is 1. The first-order chi connectivity index (χ1) is 11.0. The van der Waals surface area contributed by atoms with Crippen LogP contribution in [0.4, 0.5) is 4.39 Å². The van der Waals surface area contributed by atoms with Crippen LogP contribution in [0.5, 0.6) is 0 Å². The molecule has 1 aromatic carbocycles. The molecule has 23 heavy (non-hydrogen) atoms. The van der Waals surface area contributed by atoms with Gasteiger partial charge >= 0.3 is 0 Å². The molecule has 0 heterocycles. The Balaban J connectivity index is 0.00000127. The van der Waals surface area contributed by atoms with Gasteiger partial charge in [0.1, 0.15) is 19.4 Å². The van der Waals surface area contributed by atoms with Crippen LogP contribution in [0, 0.1) is 17.7 Å². The summed E-state index contributed by atoms with van der Waals surface area (Å²) in [4.78, 5) is 24.2. The van der Waals surface area contributed by atoms with Crippen molar-refractivity contribution in [3.05, 3.63) is 29.1 Å². The average molecular weight is 316 g/mol. The number of carbonyl (C=O) groups excluding carboxylic acids is 2. The van der Waals surface area contributed by atoms with Crippen molar-refractivity contribution in [3.63, 3.8) is 0 Å². The van der Waals surface area contributed by atoms with E-state index >= 15 is 0 Å². The zero-order valence-corrected chi connectivity index (χ0v) is 14.6. The van der Waals surface area contributed by atoms with E-state index < -0.39 is 5.82 Å². The summed E-state index contributed by atoms with van der Waals surface area (Å²) >= 11 is 0. The normalized spacial score (nSPS) is 20.7. The van der Waals surface area contributed by atoms with Crippen LogP contribution < -0.4 is 5.46 Å². The van der Waals surface area contributed by atoms with E-state index in [1.807, 2.05) is 27.7 Å². The van der Waals surface area contributed by atoms with Crippen LogP contribution in [0.25, 0.3) is 0 Å². The Morgan fingerprint density at radius 2 is 1.96 bits per heavy atom. The largest absolute Gasteiger partial charge is 0.300 e. The second kappa shape index (κ2) is 9.00. The zero-order chi connectivity index (χ0) is 17.6. The zero-order valence-electron chi connectivity index (χ0n) is 14.6. The average Bonchev–Trinajstić information content (AvgIpc) is 2.56. The highest BCUT2D eigenvalue weighted by molar-refractivity contribution is 6.33. The maximum Gasteiger partial charge on any atom is 0.169 e. The van der Waals surface area contributed by atoms with Gasteiger partial charge in [-0.2, -0.15) is 0 Å². The monoisotopic (exact) mass is 316 g/mol.